The highest BCUT2D eigenvalue weighted by molar-refractivity contribution is 5.90. The summed E-state index contributed by atoms with van der Waals surface area (Å²) in [5, 5.41) is 12.7. The van der Waals surface area contributed by atoms with E-state index in [4.69, 9.17) is 9.47 Å². The lowest BCUT2D eigenvalue weighted by Gasteiger charge is -2.35. The summed E-state index contributed by atoms with van der Waals surface area (Å²) in [4.78, 5) is 17.5. The molecule has 1 saturated heterocycles. The van der Waals surface area contributed by atoms with Crippen LogP contribution in [-0.4, -0.2) is 58.5 Å². The van der Waals surface area contributed by atoms with Gasteiger partial charge in [0.2, 0.25) is 12.7 Å². The Kier molecular flexibility index (Phi) is 7.95. The van der Waals surface area contributed by atoms with Gasteiger partial charge in [-0.15, -0.1) is 10.2 Å². The van der Waals surface area contributed by atoms with Crippen molar-refractivity contribution in [1.29, 1.82) is 0 Å². The average molecular weight is 629 g/mol. The number of benzene rings is 3. The molecule has 236 valence electrons. The summed E-state index contributed by atoms with van der Waals surface area (Å²) in [7, 11) is 0. The fourth-order valence-electron chi connectivity index (χ4n) is 5.92. The predicted octanol–water partition coefficient (Wildman–Crippen LogP) is 5.35. The van der Waals surface area contributed by atoms with Crippen LogP contribution in [0.15, 0.2) is 85.1 Å². The van der Waals surface area contributed by atoms with Crippen LogP contribution in [0.4, 0.5) is 19.0 Å². The van der Waals surface area contributed by atoms with Crippen molar-refractivity contribution in [3.8, 4) is 17.3 Å². The Morgan fingerprint density at radius 2 is 1.61 bits per heavy atom. The summed E-state index contributed by atoms with van der Waals surface area (Å²) >= 11 is 0. The summed E-state index contributed by atoms with van der Waals surface area (Å²) in [6.45, 7) is 4.53. The second-order valence-electron chi connectivity index (χ2n) is 11.4. The molecule has 5 aromatic rings. The number of aromatic nitrogens is 3. The van der Waals surface area contributed by atoms with E-state index < -0.39 is 11.7 Å². The number of nitrogens with one attached hydrogen (secondary N) is 1. The summed E-state index contributed by atoms with van der Waals surface area (Å²) in [5.74, 6) is 2.72. The number of halogens is 3. The van der Waals surface area contributed by atoms with E-state index in [0.717, 1.165) is 78.6 Å². The van der Waals surface area contributed by atoms with Crippen molar-refractivity contribution >= 4 is 22.6 Å². The van der Waals surface area contributed by atoms with Crippen molar-refractivity contribution in [1.82, 2.24) is 25.0 Å². The molecular weight excluding hydrogens is 597 g/mol. The topological polar surface area (TPSA) is 84.8 Å². The number of ether oxygens (including phenoxy) is 2. The molecular formula is C34H31F3N6O3. The number of rotatable bonds is 8. The number of piperazine rings is 1. The molecule has 0 saturated carbocycles. The van der Waals surface area contributed by atoms with Gasteiger partial charge in [-0.3, -0.25) is 14.3 Å². The minimum Gasteiger partial charge on any atom is -0.454 e. The fraction of sp³-hybridized carbons (Fsp3) is 0.265. The van der Waals surface area contributed by atoms with Crippen LogP contribution in [0.1, 0.15) is 22.3 Å². The smallest absolute Gasteiger partial charge is 0.416 e. The lowest BCUT2D eigenvalue weighted by atomic mass is 10.1. The molecule has 9 nitrogen and oxygen atoms in total. The maximum Gasteiger partial charge on any atom is 0.416 e. The Morgan fingerprint density at radius 1 is 0.826 bits per heavy atom. The first-order valence-corrected chi connectivity index (χ1v) is 15.0. The normalized spacial score (nSPS) is 15.0. The zero-order valence-electron chi connectivity index (χ0n) is 24.8. The lowest BCUT2D eigenvalue weighted by molar-refractivity contribution is -0.137. The van der Waals surface area contributed by atoms with Gasteiger partial charge in [0.25, 0.3) is 0 Å². The average Bonchev–Trinajstić information content (AvgIpc) is 3.69. The molecule has 0 unspecified atom stereocenters. The number of hydrogen-bond donors (Lipinski definition) is 1. The number of amides is 1. The maximum atomic E-state index is 13.1. The molecule has 1 N–H and O–H groups in total. The quantitative estimate of drug-likeness (QED) is 0.248. The van der Waals surface area contributed by atoms with Gasteiger partial charge in [0.1, 0.15) is 0 Å². The number of nitrogens with zero attached hydrogens (tertiary/aromatic N) is 5. The number of para-hydroxylation sites is 1. The van der Waals surface area contributed by atoms with Crippen LogP contribution in [0.25, 0.3) is 16.7 Å². The second kappa shape index (κ2) is 12.4. The molecule has 0 spiro atoms. The van der Waals surface area contributed by atoms with Gasteiger partial charge in [0.05, 0.1) is 17.5 Å². The highest BCUT2D eigenvalue weighted by atomic mass is 19.4. The van der Waals surface area contributed by atoms with Crippen molar-refractivity contribution in [2.75, 3.05) is 37.9 Å². The van der Waals surface area contributed by atoms with Crippen LogP contribution in [0, 0.1) is 0 Å². The molecule has 3 aromatic carbocycles. The standard InChI is InChI=1S/C34H31F3N6O3/c35-34(36,37)26-5-3-4-23(16-26)19-38-33(44)18-25-21-43(28-7-2-1-6-27(25)28)32-11-10-31(39-40-32)42-14-12-41(13-15-42)20-24-8-9-29-30(17-24)46-22-45-29/h1-11,16-17,21H,12-15,18-20,22H2,(H,38,44). The number of fused-ring (bicyclic) bond motifs is 2. The molecule has 2 aliphatic rings. The molecule has 1 fully saturated rings. The highest BCUT2D eigenvalue weighted by Gasteiger charge is 2.30. The number of hydrogen-bond acceptors (Lipinski definition) is 7. The molecule has 7 rings (SSSR count). The van der Waals surface area contributed by atoms with E-state index in [-0.39, 0.29) is 25.7 Å². The van der Waals surface area contributed by atoms with Crippen LogP contribution < -0.4 is 19.7 Å². The molecule has 0 radical (unpaired) electrons. The molecule has 0 aliphatic carbocycles. The zero-order valence-corrected chi connectivity index (χ0v) is 24.8. The van der Waals surface area contributed by atoms with Gasteiger partial charge < -0.3 is 19.7 Å². The third-order valence-electron chi connectivity index (χ3n) is 8.31. The van der Waals surface area contributed by atoms with E-state index in [1.165, 1.54) is 11.6 Å². The Hall–Kier alpha value is -5.10. The molecule has 4 heterocycles. The zero-order chi connectivity index (χ0) is 31.7. The molecule has 2 aromatic heterocycles. The van der Waals surface area contributed by atoms with Gasteiger partial charge in [-0.1, -0.05) is 36.4 Å². The first-order chi connectivity index (χ1) is 22.3. The summed E-state index contributed by atoms with van der Waals surface area (Å²) < 4.78 is 52.0. The Bertz CT molecular complexity index is 1870. The SMILES string of the molecule is O=C(Cc1cn(-c2ccc(N3CCN(Cc4ccc5c(c4)OCO5)CC3)nn2)c2ccccc12)NCc1cccc(C(F)(F)F)c1. The minimum atomic E-state index is -4.44. The third kappa shape index (κ3) is 6.34. The molecule has 0 atom stereocenters. The number of carbonyl (C=O) groups excluding carboxylic acids is 1. The highest BCUT2D eigenvalue weighted by Crippen LogP contribution is 2.33. The van der Waals surface area contributed by atoms with Crippen molar-refractivity contribution in [3.05, 3.63) is 107 Å². The van der Waals surface area contributed by atoms with Crippen LogP contribution >= 0.6 is 0 Å². The number of anilines is 1. The molecule has 0 bridgehead atoms. The van der Waals surface area contributed by atoms with Crippen LogP contribution in [-0.2, 0) is 30.5 Å². The molecule has 46 heavy (non-hydrogen) atoms. The van der Waals surface area contributed by atoms with E-state index in [1.807, 2.05) is 59.3 Å². The molecule has 2 aliphatic heterocycles. The van der Waals surface area contributed by atoms with Crippen LogP contribution in [0.3, 0.4) is 0 Å². The van der Waals surface area contributed by atoms with Gasteiger partial charge in [0.15, 0.2) is 23.1 Å². The van der Waals surface area contributed by atoms with Gasteiger partial charge >= 0.3 is 6.18 Å². The van der Waals surface area contributed by atoms with Gasteiger partial charge in [-0.05, 0) is 59.2 Å². The lowest BCUT2D eigenvalue weighted by Crippen LogP contribution is -2.46. The van der Waals surface area contributed by atoms with Gasteiger partial charge in [-0.2, -0.15) is 13.2 Å². The first kappa shape index (κ1) is 29.6. The summed E-state index contributed by atoms with van der Waals surface area (Å²) in [5.41, 5.74) is 2.48. The van der Waals surface area contributed by atoms with E-state index in [0.29, 0.717) is 11.4 Å². The minimum absolute atomic E-state index is 0.000999. The van der Waals surface area contributed by atoms with Gasteiger partial charge in [-0.25, -0.2) is 0 Å². The Balaban J connectivity index is 0.987. The van der Waals surface area contributed by atoms with Crippen molar-refractivity contribution in [2.45, 2.75) is 25.7 Å². The Morgan fingerprint density at radius 3 is 2.41 bits per heavy atom. The first-order valence-electron chi connectivity index (χ1n) is 15.0. The molecule has 1 amide bonds. The van der Waals surface area contributed by atoms with Crippen LogP contribution in [0.2, 0.25) is 0 Å². The van der Waals surface area contributed by atoms with Crippen LogP contribution in [0.5, 0.6) is 11.5 Å². The van der Waals surface area contributed by atoms with Crippen molar-refractivity contribution < 1.29 is 27.4 Å². The van der Waals surface area contributed by atoms with E-state index >= 15 is 0 Å². The predicted molar refractivity (Wildman–Crippen MR) is 166 cm³/mol. The van der Waals surface area contributed by atoms with E-state index in [2.05, 4.69) is 31.4 Å². The number of carbonyl (C=O) groups is 1. The summed E-state index contributed by atoms with van der Waals surface area (Å²) in [6, 6.07) is 22.6. The third-order valence-corrected chi connectivity index (χ3v) is 8.31. The largest absolute Gasteiger partial charge is 0.454 e. The Labute approximate surface area is 263 Å². The van der Waals surface area contributed by atoms with Crippen molar-refractivity contribution in [3.63, 3.8) is 0 Å². The van der Waals surface area contributed by atoms with E-state index in [1.54, 1.807) is 6.07 Å². The maximum absolute atomic E-state index is 13.1. The second-order valence-corrected chi connectivity index (χ2v) is 11.4. The summed E-state index contributed by atoms with van der Waals surface area (Å²) in [6.07, 6.45) is -2.50. The van der Waals surface area contributed by atoms with Crippen molar-refractivity contribution in [2.24, 2.45) is 0 Å². The molecule has 12 heteroatoms. The fourth-order valence-corrected chi connectivity index (χ4v) is 5.92. The van der Waals surface area contributed by atoms with Gasteiger partial charge in [0, 0.05) is 50.9 Å². The monoisotopic (exact) mass is 628 g/mol. The van der Waals surface area contributed by atoms with E-state index in [9.17, 15) is 18.0 Å². The number of alkyl halides is 3.